The largest absolute Gasteiger partial charge is 0.437 e. The SMILES string of the molecule is CCC(C)(C)C(O)CCC1C(OP)CC(O)C1CCCCCCCCC(=O)OP(P)P. The molecule has 1 saturated carbocycles. The van der Waals surface area contributed by atoms with Crippen molar-refractivity contribution < 1.29 is 24.1 Å². The van der Waals surface area contributed by atoms with E-state index in [1.54, 1.807) is 0 Å². The number of aliphatic hydroxyl groups is 2. The number of carbonyl (C=O) groups excluding carboxylic acids is 1. The molecule has 9 heteroatoms. The molecule has 0 aromatic carbocycles. The highest BCUT2D eigenvalue weighted by molar-refractivity contribution is 8.41. The van der Waals surface area contributed by atoms with Crippen molar-refractivity contribution in [3.05, 3.63) is 0 Å². The molecular weight excluding hydrogens is 468 g/mol. The first kappa shape index (κ1) is 30.1. The molecule has 0 radical (unpaired) electrons. The highest BCUT2D eigenvalue weighted by atomic mass is 32.4. The van der Waals surface area contributed by atoms with Gasteiger partial charge in [0.05, 0.1) is 18.3 Å². The van der Waals surface area contributed by atoms with Crippen LogP contribution in [0, 0.1) is 17.3 Å². The maximum Gasteiger partial charge on any atom is 0.309 e. The van der Waals surface area contributed by atoms with Gasteiger partial charge in [-0.1, -0.05) is 70.7 Å². The summed E-state index contributed by atoms with van der Waals surface area (Å²) in [5.41, 5.74) is -0.0750. The molecule has 0 aromatic rings. The van der Waals surface area contributed by atoms with Crippen molar-refractivity contribution in [3.8, 4) is 0 Å². The molecule has 0 aromatic heterocycles. The van der Waals surface area contributed by atoms with Crippen molar-refractivity contribution in [3.63, 3.8) is 0 Å². The van der Waals surface area contributed by atoms with Gasteiger partial charge in [-0.15, -0.1) is 0 Å². The van der Waals surface area contributed by atoms with E-state index in [-0.39, 0.29) is 35.6 Å². The van der Waals surface area contributed by atoms with Crippen molar-refractivity contribution in [1.29, 1.82) is 0 Å². The summed E-state index contributed by atoms with van der Waals surface area (Å²) in [7, 11) is 6.62. The fourth-order valence-corrected chi connectivity index (χ4v) is 5.95. The lowest BCUT2D eigenvalue weighted by Gasteiger charge is -2.32. The van der Waals surface area contributed by atoms with Gasteiger partial charge in [0.2, 0.25) is 0 Å². The van der Waals surface area contributed by atoms with Crippen molar-refractivity contribution in [2.24, 2.45) is 17.3 Å². The lowest BCUT2D eigenvalue weighted by molar-refractivity contribution is -0.133. The minimum atomic E-state index is -0.764. The second-order valence-corrected chi connectivity index (χ2v) is 15.7. The number of aliphatic hydroxyl groups excluding tert-OH is 2. The first-order valence-electron chi connectivity index (χ1n) is 11.8. The maximum absolute atomic E-state index is 11.5. The number of rotatable bonds is 16. The molecule has 0 amide bonds. The molecule has 31 heavy (non-hydrogen) atoms. The zero-order valence-corrected chi connectivity index (χ0v) is 24.0. The van der Waals surface area contributed by atoms with E-state index in [1.165, 1.54) is 0 Å². The van der Waals surface area contributed by atoms with Gasteiger partial charge in [0.1, 0.15) is 7.53 Å². The summed E-state index contributed by atoms with van der Waals surface area (Å²) in [6.45, 7) is 6.36. The molecule has 1 fully saturated rings. The average molecular weight is 515 g/mol. The molecule has 0 heterocycles. The van der Waals surface area contributed by atoms with Crippen LogP contribution in [0.2, 0.25) is 0 Å². The topological polar surface area (TPSA) is 76.0 Å². The van der Waals surface area contributed by atoms with Crippen LogP contribution in [0.1, 0.15) is 97.8 Å². The van der Waals surface area contributed by atoms with Crippen LogP contribution in [0.3, 0.4) is 0 Å². The Balaban J connectivity index is 2.31. The number of hydrogen-bond donors (Lipinski definition) is 2. The predicted molar refractivity (Wildman–Crippen MR) is 141 cm³/mol. The summed E-state index contributed by atoms with van der Waals surface area (Å²) in [6.07, 6.45) is 10.8. The lowest BCUT2D eigenvalue weighted by Crippen LogP contribution is -2.31. The Labute approximate surface area is 198 Å². The van der Waals surface area contributed by atoms with E-state index in [0.717, 1.165) is 64.2 Å². The van der Waals surface area contributed by atoms with Gasteiger partial charge in [-0.2, -0.15) is 0 Å². The number of hydrogen-bond acceptors (Lipinski definition) is 5. The molecule has 1 aliphatic carbocycles. The van der Waals surface area contributed by atoms with Gasteiger partial charge < -0.3 is 19.3 Å². The van der Waals surface area contributed by atoms with Crippen LogP contribution < -0.4 is 0 Å². The minimum absolute atomic E-state index is 0.0609. The van der Waals surface area contributed by atoms with Crippen LogP contribution in [-0.4, -0.2) is 34.5 Å². The fraction of sp³-hybridized carbons (Fsp3) is 0.955. The highest BCUT2D eigenvalue weighted by Crippen LogP contribution is 2.53. The summed E-state index contributed by atoms with van der Waals surface area (Å²) in [5.74, 6) is 0.460. The smallest absolute Gasteiger partial charge is 0.309 e. The molecular formula is C22H46O5P4. The number of carbonyl (C=O) groups is 1. The zero-order chi connectivity index (χ0) is 23.4. The Morgan fingerprint density at radius 3 is 2.29 bits per heavy atom. The van der Waals surface area contributed by atoms with Crippen molar-refractivity contribution >= 4 is 40.8 Å². The van der Waals surface area contributed by atoms with E-state index >= 15 is 0 Å². The van der Waals surface area contributed by atoms with E-state index < -0.39 is 7.53 Å². The van der Waals surface area contributed by atoms with Crippen LogP contribution in [0.25, 0.3) is 0 Å². The van der Waals surface area contributed by atoms with Gasteiger partial charge in [0.25, 0.3) is 0 Å². The zero-order valence-electron chi connectivity index (χ0n) is 19.7. The van der Waals surface area contributed by atoms with Gasteiger partial charge in [0.15, 0.2) is 0 Å². The molecule has 5 nitrogen and oxygen atoms in total. The van der Waals surface area contributed by atoms with Gasteiger partial charge in [0, 0.05) is 22.3 Å². The quantitative estimate of drug-likeness (QED) is 0.185. The monoisotopic (exact) mass is 514 g/mol. The Morgan fingerprint density at radius 1 is 1.10 bits per heavy atom. The molecule has 8 unspecified atom stereocenters. The molecule has 8 atom stereocenters. The van der Waals surface area contributed by atoms with Gasteiger partial charge in [-0.05, 0) is 49.4 Å². The summed E-state index contributed by atoms with van der Waals surface area (Å²) in [6, 6.07) is 0. The molecule has 0 spiro atoms. The Morgan fingerprint density at radius 2 is 1.71 bits per heavy atom. The van der Waals surface area contributed by atoms with Gasteiger partial charge in [-0.25, -0.2) is 0 Å². The van der Waals surface area contributed by atoms with E-state index in [0.29, 0.717) is 18.8 Å². The second kappa shape index (κ2) is 15.9. The molecule has 0 aliphatic heterocycles. The average Bonchev–Trinajstić information content (AvgIpc) is 3.01. The fourth-order valence-electron chi connectivity index (χ4n) is 4.61. The summed E-state index contributed by atoms with van der Waals surface area (Å²) in [5, 5.41) is 21.2. The molecule has 0 bridgehead atoms. The third-order valence-corrected chi connectivity index (χ3v) is 8.53. The van der Waals surface area contributed by atoms with Crippen LogP contribution in [-0.2, 0) is 13.8 Å². The van der Waals surface area contributed by atoms with Crippen LogP contribution in [0.15, 0.2) is 0 Å². The maximum atomic E-state index is 11.5. The first-order chi connectivity index (χ1) is 14.6. The standard InChI is InChI=1S/C22H46O5P4/c1-4-22(2,3)20(24)14-13-17-16(18(23)15-19(17)26-28)11-9-7-5-6-8-10-12-21(25)27-31(29)30/h16-20,23-24H,4-15,28-30H2,1-3H3. The van der Waals surface area contributed by atoms with Crippen molar-refractivity contribution in [2.75, 3.05) is 0 Å². The van der Waals surface area contributed by atoms with Crippen LogP contribution in [0.4, 0.5) is 0 Å². The third-order valence-electron chi connectivity index (χ3n) is 7.13. The highest BCUT2D eigenvalue weighted by Gasteiger charge is 2.42. The molecule has 0 saturated heterocycles. The second-order valence-electron chi connectivity index (χ2n) is 9.72. The first-order valence-corrected chi connectivity index (χ1v) is 16.8. The molecule has 2 N–H and O–H groups in total. The minimum Gasteiger partial charge on any atom is -0.437 e. The Bertz CT molecular complexity index is 506. The van der Waals surface area contributed by atoms with E-state index in [4.69, 9.17) is 9.05 Å². The predicted octanol–water partition coefficient (Wildman–Crippen LogP) is 6.38. The molecule has 1 aliphatic rings. The summed E-state index contributed by atoms with van der Waals surface area (Å²) < 4.78 is 10.8. The van der Waals surface area contributed by atoms with Crippen molar-refractivity contribution in [1.82, 2.24) is 0 Å². The molecule has 184 valence electrons. The van der Waals surface area contributed by atoms with E-state index in [9.17, 15) is 15.0 Å². The Hall–Kier alpha value is 1.07. The lowest BCUT2D eigenvalue weighted by atomic mass is 9.78. The Kier molecular flexibility index (Phi) is 15.4. The van der Waals surface area contributed by atoms with Gasteiger partial charge in [-0.3, -0.25) is 4.79 Å². The number of unbranched alkanes of at least 4 members (excludes halogenated alkanes) is 5. The van der Waals surface area contributed by atoms with Crippen LogP contribution >= 0.6 is 34.8 Å². The summed E-state index contributed by atoms with van der Waals surface area (Å²) >= 11 is 0. The van der Waals surface area contributed by atoms with E-state index in [1.807, 2.05) is 0 Å². The summed E-state index contributed by atoms with van der Waals surface area (Å²) in [4.78, 5) is 11.5. The van der Waals surface area contributed by atoms with Gasteiger partial charge >= 0.3 is 5.97 Å². The molecule has 1 rings (SSSR count). The van der Waals surface area contributed by atoms with Crippen LogP contribution in [0.5, 0.6) is 0 Å². The van der Waals surface area contributed by atoms with E-state index in [2.05, 4.69) is 48.1 Å². The van der Waals surface area contributed by atoms with Crippen molar-refractivity contribution in [2.45, 2.75) is 116 Å². The third kappa shape index (κ3) is 11.4. The normalized spacial score (nSPS) is 25.2.